The molecule has 2 N–H and O–H groups in total. The summed E-state index contributed by atoms with van der Waals surface area (Å²) in [5.74, 6) is 1.04. The molecule has 6 heteroatoms. The van der Waals surface area contributed by atoms with Crippen molar-refractivity contribution in [2.45, 2.75) is 18.9 Å². The summed E-state index contributed by atoms with van der Waals surface area (Å²) in [7, 11) is 0. The quantitative estimate of drug-likeness (QED) is 0.648. The van der Waals surface area contributed by atoms with E-state index in [2.05, 4.69) is 10.6 Å². The van der Waals surface area contributed by atoms with Gasteiger partial charge >= 0.3 is 6.03 Å². The van der Waals surface area contributed by atoms with Gasteiger partial charge in [0.2, 0.25) is 6.79 Å². The number of urea groups is 1. The second-order valence-electron chi connectivity index (χ2n) is 6.89. The van der Waals surface area contributed by atoms with Crippen LogP contribution in [0.3, 0.4) is 0 Å². The molecule has 0 unspecified atom stereocenters. The van der Waals surface area contributed by atoms with Crippen LogP contribution in [-0.4, -0.2) is 18.9 Å². The predicted molar refractivity (Wildman–Crippen MR) is 109 cm³/mol. The van der Waals surface area contributed by atoms with Gasteiger partial charge in [-0.1, -0.05) is 42.5 Å². The fraction of sp³-hybridized carbons (Fsp3) is 0.174. The maximum absolute atomic E-state index is 13.4. The molecule has 1 heterocycles. The average Bonchev–Trinajstić information content (AvgIpc) is 3.16. The second-order valence-corrected chi connectivity index (χ2v) is 6.89. The van der Waals surface area contributed by atoms with Crippen LogP contribution in [0.25, 0.3) is 0 Å². The van der Waals surface area contributed by atoms with Gasteiger partial charge in [-0.3, -0.25) is 0 Å². The minimum absolute atomic E-state index is 0.161. The first-order chi connectivity index (χ1) is 14.2. The number of halogens is 1. The minimum Gasteiger partial charge on any atom is -0.454 e. The maximum Gasteiger partial charge on any atom is 0.319 e. The van der Waals surface area contributed by atoms with E-state index in [-0.39, 0.29) is 18.9 Å². The summed E-state index contributed by atoms with van der Waals surface area (Å²) in [6.45, 7) is 0.223. The molecule has 29 heavy (non-hydrogen) atoms. The van der Waals surface area contributed by atoms with Gasteiger partial charge in [0.15, 0.2) is 11.5 Å². The number of anilines is 1. The van der Waals surface area contributed by atoms with Gasteiger partial charge in [-0.25, -0.2) is 9.18 Å². The van der Waals surface area contributed by atoms with Gasteiger partial charge in [0.05, 0.1) is 0 Å². The minimum atomic E-state index is -0.399. The van der Waals surface area contributed by atoms with Crippen molar-refractivity contribution in [3.8, 4) is 11.5 Å². The third kappa shape index (κ3) is 5.04. The Hall–Kier alpha value is -3.54. The van der Waals surface area contributed by atoms with Crippen LogP contribution in [0, 0.1) is 5.82 Å². The SMILES string of the molecule is O=C(Nc1cccc(F)c1)N[C@@H](Cc1ccccc1)Cc1ccc2c(c1)OCO2. The Kier molecular flexibility index (Phi) is 5.61. The smallest absolute Gasteiger partial charge is 0.319 e. The highest BCUT2D eigenvalue weighted by Crippen LogP contribution is 2.32. The molecule has 2 amide bonds. The van der Waals surface area contributed by atoms with Crippen molar-refractivity contribution in [1.82, 2.24) is 5.32 Å². The standard InChI is InChI=1S/C23H21FN2O3/c24-18-7-4-8-19(14-18)25-23(27)26-20(11-16-5-2-1-3-6-16)12-17-9-10-21-22(13-17)29-15-28-21/h1-10,13-14,20H,11-12,15H2,(H2,25,26,27)/t20-/m0/s1. The van der Waals surface area contributed by atoms with Gasteiger partial charge < -0.3 is 20.1 Å². The third-order valence-corrected chi connectivity index (χ3v) is 4.66. The topological polar surface area (TPSA) is 59.6 Å². The molecule has 0 spiro atoms. The molecular weight excluding hydrogens is 371 g/mol. The predicted octanol–water partition coefficient (Wildman–Crippen LogP) is 4.53. The first-order valence-electron chi connectivity index (χ1n) is 9.41. The number of benzene rings is 3. The number of carbonyl (C=O) groups excluding carboxylic acids is 1. The normalized spacial score (nSPS) is 13.0. The molecule has 0 saturated carbocycles. The summed E-state index contributed by atoms with van der Waals surface area (Å²) in [6.07, 6.45) is 1.27. The Balaban J connectivity index is 1.47. The van der Waals surface area contributed by atoms with E-state index >= 15 is 0 Å². The van der Waals surface area contributed by atoms with Crippen LogP contribution in [0.4, 0.5) is 14.9 Å². The highest BCUT2D eigenvalue weighted by molar-refractivity contribution is 5.89. The van der Waals surface area contributed by atoms with Gasteiger partial charge in [0.25, 0.3) is 0 Å². The van der Waals surface area contributed by atoms with Crippen LogP contribution < -0.4 is 20.1 Å². The van der Waals surface area contributed by atoms with E-state index in [0.717, 1.165) is 16.9 Å². The molecule has 3 aromatic carbocycles. The molecule has 1 aliphatic heterocycles. The lowest BCUT2D eigenvalue weighted by Crippen LogP contribution is -2.40. The number of hydrogen-bond donors (Lipinski definition) is 2. The molecule has 1 aliphatic rings. The summed E-state index contributed by atoms with van der Waals surface area (Å²) in [4.78, 5) is 12.5. The van der Waals surface area contributed by atoms with E-state index in [4.69, 9.17) is 9.47 Å². The number of rotatable bonds is 6. The van der Waals surface area contributed by atoms with Gasteiger partial charge in [0, 0.05) is 11.7 Å². The highest BCUT2D eigenvalue weighted by atomic mass is 19.1. The third-order valence-electron chi connectivity index (χ3n) is 4.66. The second kappa shape index (κ2) is 8.65. The van der Waals surface area contributed by atoms with E-state index in [1.807, 2.05) is 48.5 Å². The zero-order valence-electron chi connectivity index (χ0n) is 15.7. The molecule has 0 fully saturated rings. The number of amides is 2. The van der Waals surface area contributed by atoms with Gasteiger partial charge in [0.1, 0.15) is 5.82 Å². The Morgan fingerprint density at radius 1 is 0.897 bits per heavy atom. The van der Waals surface area contributed by atoms with Gasteiger partial charge in [-0.05, 0) is 54.3 Å². The summed E-state index contributed by atoms with van der Waals surface area (Å²) < 4.78 is 24.2. The number of fused-ring (bicyclic) bond motifs is 1. The molecular formula is C23H21FN2O3. The van der Waals surface area contributed by atoms with Crippen LogP contribution >= 0.6 is 0 Å². The summed E-state index contributed by atoms with van der Waals surface area (Å²) in [5.41, 5.74) is 2.55. The van der Waals surface area contributed by atoms with Crippen molar-refractivity contribution >= 4 is 11.7 Å². The van der Waals surface area contributed by atoms with Crippen molar-refractivity contribution in [3.05, 3.63) is 89.7 Å². The molecule has 0 radical (unpaired) electrons. The molecule has 1 atom stereocenters. The number of ether oxygens (including phenoxy) is 2. The summed E-state index contributed by atoms with van der Waals surface area (Å²) in [5, 5.41) is 5.70. The van der Waals surface area contributed by atoms with Crippen LogP contribution in [0.5, 0.6) is 11.5 Å². The Morgan fingerprint density at radius 2 is 1.69 bits per heavy atom. The zero-order valence-corrected chi connectivity index (χ0v) is 15.7. The van der Waals surface area contributed by atoms with Gasteiger partial charge in [-0.2, -0.15) is 0 Å². The zero-order chi connectivity index (χ0) is 20.1. The fourth-order valence-electron chi connectivity index (χ4n) is 3.34. The van der Waals surface area contributed by atoms with Crippen molar-refractivity contribution in [2.75, 3.05) is 12.1 Å². The lowest BCUT2D eigenvalue weighted by atomic mass is 9.98. The molecule has 0 saturated heterocycles. The maximum atomic E-state index is 13.4. The molecule has 0 aliphatic carbocycles. The largest absolute Gasteiger partial charge is 0.454 e. The Bertz CT molecular complexity index is 994. The fourth-order valence-corrected chi connectivity index (χ4v) is 3.34. The van der Waals surface area contributed by atoms with Crippen molar-refractivity contribution in [2.24, 2.45) is 0 Å². The van der Waals surface area contributed by atoms with Crippen molar-refractivity contribution < 1.29 is 18.7 Å². The van der Waals surface area contributed by atoms with Crippen LogP contribution in [0.15, 0.2) is 72.8 Å². The van der Waals surface area contributed by atoms with E-state index in [0.29, 0.717) is 24.3 Å². The first kappa shape index (κ1) is 18.8. The Morgan fingerprint density at radius 3 is 2.52 bits per heavy atom. The van der Waals surface area contributed by atoms with Crippen molar-refractivity contribution in [3.63, 3.8) is 0 Å². The molecule has 4 rings (SSSR count). The first-order valence-corrected chi connectivity index (χ1v) is 9.41. The van der Waals surface area contributed by atoms with Crippen molar-refractivity contribution in [1.29, 1.82) is 0 Å². The van der Waals surface area contributed by atoms with E-state index in [1.165, 1.54) is 12.1 Å². The van der Waals surface area contributed by atoms with Crippen LogP contribution in [-0.2, 0) is 12.8 Å². The lowest BCUT2D eigenvalue weighted by molar-refractivity contribution is 0.174. The number of hydrogen-bond acceptors (Lipinski definition) is 3. The number of carbonyl (C=O) groups is 1. The molecule has 3 aromatic rings. The molecule has 0 aromatic heterocycles. The van der Waals surface area contributed by atoms with Crippen LogP contribution in [0.2, 0.25) is 0 Å². The monoisotopic (exact) mass is 392 g/mol. The molecule has 148 valence electrons. The van der Waals surface area contributed by atoms with E-state index < -0.39 is 5.82 Å². The van der Waals surface area contributed by atoms with Crippen LogP contribution in [0.1, 0.15) is 11.1 Å². The van der Waals surface area contributed by atoms with Gasteiger partial charge in [-0.15, -0.1) is 0 Å². The summed E-state index contributed by atoms with van der Waals surface area (Å²) >= 11 is 0. The average molecular weight is 392 g/mol. The lowest BCUT2D eigenvalue weighted by Gasteiger charge is -2.20. The summed E-state index contributed by atoms with van der Waals surface area (Å²) in [6, 6.07) is 21.0. The Labute approximate surface area is 168 Å². The highest BCUT2D eigenvalue weighted by Gasteiger charge is 2.18. The molecule has 5 nitrogen and oxygen atoms in total. The number of nitrogens with one attached hydrogen (secondary N) is 2. The molecule has 0 bridgehead atoms. The van der Waals surface area contributed by atoms with E-state index in [9.17, 15) is 9.18 Å². The van der Waals surface area contributed by atoms with E-state index in [1.54, 1.807) is 12.1 Å².